The van der Waals surface area contributed by atoms with Crippen molar-refractivity contribution in [1.29, 1.82) is 0 Å². The number of pyridine rings is 1. The maximum absolute atomic E-state index is 14.3. The molecule has 1 saturated heterocycles. The Morgan fingerprint density at radius 1 is 1.27 bits per heavy atom. The van der Waals surface area contributed by atoms with Gasteiger partial charge in [0.25, 0.3) is 5.66 Å². The van der Waals surface area contributed by atoms with Crippen molar-refractivity contribution in [2.75, 3.05) is 31.1 Å². The van der Waals surface area contributed by atoms with Gasteiger partial charge in [0.1, 0.15) is 11.7 Å². The van der Waals surface area contributed by atoms with Gasteiger partial charge in [-0.3, -0.25) is 4.79 Å². The van der Waals surface area contributed by atoms with Crippen molar-refractivity contribution in [1.82, 2.24) is 15.6 Å². The molecule has 0 saturated carbocycles. The second kappa shape index (κ2) is 10.7. The zero-order valence-corrected chi connectivity index (χ0v) is 19.7. The maximum atomic E-state index is 14.3. The molecule has 1 amide bonds. The van der Waals surface area contributed by atoms with Crippen LogP contribution in [-0.2, 0) is 11.0 Å². The fourth-order valence-corrected chi connectivity index (χ4v) is 3.56. The molecule has 2 rings (SSSR count). The number of halogens is 5. The van der Waals surface area contributed by atoms with Crippen molar-refractivity contribution < 1.29 is 26.7 Å². The summed E-state index contributed by atoms with van der Waals surface area (Å²) in [6, 6.07) is 1.76. The van der Waals surface area contributed by atoms with Gasteiger partial charge in [0.2, 0.25) is 5.91 Å². The number of allylic oxidation sites excluding steroid dienone is 1. The molecule has 33 heavy (non-hydrogen) atoms. The zero-order valence-electron chi connectivity index (χ0n) is 18.6. The van der Waals surface area contributed by atoms with E-state index in [9.17, 15) is 26.7 Å². The van der Waals surface area contributed by atoms with E-state index in [2.05, 4.69) is 27.2 Å². The Bertz CT molecular complexity index is 949. The number of amidine groups is 1. The number of nitrogens with zero attached hydrogens (tertiary/aromatic N) is 3. The maximum Gasteiger partial charge on any atom is 0.416 e. The quantitative estimate of drug-likeness (QED) is 0.273. The largest absolute Gasteiger partial charge is 0.416 e. The summed E-state index contributed by atoms with van der Waals surface area (Å²) in [6.07, 6.45) is -3.62. The molecule has 1 aromatic heterocycles. The average molecular weight is 491 g/mol. The average Bonchev–Trinajstić information content (AvgIpc) is 2.72. The Kier molecular flexibility index (Phi) is 8.70. The van der Waals surface area contributed by atoms with Gasteiger partial charge in [-0.15, -0.1) is 0 Å². The van der Waals surface area contributed by atoms with Gasteiger partial charge < -0.3 is 15.5 Å². The van der Waals surface area contributed by atoms with Crippen LogP contribution in [0.3, 0.4) is 0 Å². The van der Waals surface area contributed by atoms with Crippen molar-refractivity contribution in [3.05, 3.63) is 41.7 Å². The Morgan fingerprint density at radius 3 is 2.36 bits per heavy atom. The predicted molar refractivity (Wildman–Crippen MR) is 122 cm³/mol. The molecule has 0 spiro atoms. The summed E-state index contributed by atoms with van der Waals surface area (Å²) in [7, 11) is 1.41. The highest BCUT2D eigenvalue weighted by Gasteiger charge is 2.38. The summed E-state index contributed by atoms with van der Waals surface area (Å²) in [5, 5.41) is 5.49. The lowest BCUT2D eigenvalue weighted by molar-refractivity contribution is -0.137. The number of carbonyl (C=O) groups is 1. The number of anilines is 1. The molecule has 0 aromatic carbocycles. The van der Waals surface area contributed by atoms with Crippen molar-refractivity contribution in [2.24, 2.45) is 10.9 Å². The molecule has 2 atom stereocenters. The van der Waals surface area contributed by atoms with Gasteiger partial charge in [-0.1, -0.05) is 22.7 Å². The molecule has 1 aliphatic rings. The van der Waals surface area contributed by atoms with E-state index in [0.717, 1.165) is 18.3 Å². The molecule has 0 bridgehead atoms. The summed E-state index contributed by atoms with van der Waals surface area (Å²) in [6.45, 7) is 9.20. The van der Waals surface area contributed by atoms with Crippen LogP contribution < -0.4 is 15.5 Å². The highest BCUT2D eigenvalue weighted by Crippen LogP contribution is 2.40. The molecular weight excluding hydrogens is 464 g/mol. The number of rotatable bonds is 6. The molecule has 182 valence electrons. The van der Waals surface area contributed by atoms with Crippen molar-refractivity contribution in [3.63, 3.8) is 0 Å². The zero-order chi connectivity index (χ0) is 25.0. The number of piperazine rings is 1. The van der Waals surface area contributed by atoms with Gasteiger partial charge >= 0.3 is 6.18 Å². The fraction of sp³-hybridized carbons (Fsp3) is 0.476. The number of aliphatic imine (C=N–C) groups is 1. The van der Waals surface area contributed by atoms with Gasteiger partial charge in [-0.25, -0.2) is 18.8 Å². The highest BCUT2D eigenvalue weighted by molar-refractivity contribution is 7.18. The van der Waals surface area contributed by atoms with Crippen molar-refractivity contribution >= 4 is 32.4 Å². The molecule has 1 aliphatic heterocycles. The fourth-order valence-electron chi connectivity index (χ4n) is 3.39. The third-order valence-electron chi connectivity index (χ3n) is 5.15. The van der Waals surface area contributed by atoms with Crippen LogP contribution in [0.15, 0.2) is 35.5 Å². The Labute approximate surface area is 191 Å². The van der Waals surface area contributed by atoms with E-state index in [-0.39, 0.29) is 28.5 Å². The third-order valence-corrected chi connectivity index (χ3v) is 5.65. The molecule has 2 N–H and O–H groups in total. The highest BCUT2D eigenvalue weighted by atomic mass is 31.0. The first-order chi connectivity index (χ1) is 15.3. The first-order valence-electron chi connectivity index (χ1n) is 10.1. The Balaban J connectivity index is 2.80. The molecule has 2 heterocycles. The van der Waals surface area contributed by atoms with Crippen LogP contribution in [0.2, 0.25) is 0 Å². The van der Waals surface area contributed by atoms with Crippen LogP contribution in [0.25, 0.3) is 5.57 Å². The van der Waals surface area contributed by atoms with Crippen LogP contribution in [0, 0.1) is 5.92 Å². The van der Waals surface area contributed by atoms with E-state index in [4.69, 9.17) is 0 Å². The van der Waals surface area contributed by atoms with E-state index >= 15 is 0 Å². The van der Waals surface area contributed by atoms with E-state index < -0.39 is 29.2 Å². The number of carbonyl (C=O) groups excluding carboxylic acids is 1. The van der Waals surface area contributed by atoms with Crippen LogP contribution in [0.5, 0.6) is 0 Å². The Morgan fingerprint density at radius 2 is 1.88 bits per heavy atom. The third kappa shape index (κ3) is 7.04. The van der Waals surface area contributed by atoms with Crippen LogP contribution in [0.1, 0.15) is 32.0 Å². The number of hydrogen-bond donors (Lipinski definition) is 2. The van der Waals surface area contributed by atoms with Crippen LogP contribution >= 0.6 is 9.24 Å². The summed E-state index contributed by atoms with van der Waals surface area (Å²) < 4.78 is 69.7. The molecule has 1 aromatic rings. The smallest absolute Gasteiger partial charge is 0.354 e. The van der Waals surface area contributed by atoms with Gasteiger partial charge in [-0.2, -0.15) is 13.2 Å². The summed E-state index contributed by atoms with van der Waals surface area (Å²) in [5.41, 5.74) is -4.56. The van der Waals surface area contributed by atoms with Crippen LogP contribution in [-0.4, -0.2) is 48.6 Å². The first kappa shape index (κ1) is 26.9. The lowest BCUT2D eigenvalue weighted by atomic mass is 9.92. The van der Waals surface area contributed by atoms with Crippen molar-refractivity contribution in [2.45, 2.75) is 32.6 Å². The van der Waals surface area contributed by atoms with E-state index in [0.29, 0.717) is 26.2 Å². The van der Waals surface area contributed by atoms with Crippen molar-refractivity contribution in [3.8, 4) is 0 Å². The summed E-state index contributed by atoms with van der Waals surface area (Å²) >= 11 is 0. The van der Waals surface area contributed by atoms with Crippen LogP contribution in [0.4, 0.5) is 27.8 Å². The molecule has 0 radical (unpaired) electrons. The summed E-state index contributed by atoms with van der Waals surface area (Å²) in [4.78, 5) is 21.7. The monoisotopic (exact) mass is 491 g/mol. The number of nitrogens with one attached hydrogen (secondary N) is 2. The van der Waals surface area contributed by atoms with Gasteiger partial charge in [0, 0.05) is 44.9 Å². The molecule has 0 aliphatic carbocycles. The predicted octanol–water partition coefficient (Wildman–Crippen LogP) is 4.07. The Hall–Kier alpha value is -2.39. The lowest BCUT2D eigenvalue weighted by Crippen LogP contribution is -2.44. The normalized spacial score (nSPS) is 17.4. The second-order valence-electron chi connectivity index (χ2n) is 7.61. The number of aromatic nitrogens is 1. The van der Waals surface area contributed by atoms with Gasteiger partial charge in [0.15, 0.2) is 0 Å². The minimum absolute atomic E-state index is 0.0291. The molecular formula is C21H27F5N5OP. The number of amides is 1. The van der Waals surface area contributed by atoms with Gasteiger partial charge in [0.05, 0.1) is 17.2 Å². The molecule has 12 heteroatoms. The lowest BCUT2D eigenvalue weighted by Gasteiger charge is -2.30. The second-order valence-corrected chi connectivity index (χ2v) is 8.38. The molecule has 1 unspecified atom stereocenters. The van der Waals surface area contributed by atoms with E-state index in [1.165, 1.54) is 30.0 Å². The van der Waals surface area contributed by atoms with E-state index in [1.54, 1.807) is 4.90 Å². The standard InChI is InChI=1S/C21H27F5N5OP/c1-5-28-19(29-14(4)32)18(13(3)21(25,26)33)12(2)16-10-15(20(22,23)24)11-17(30-16)31-8-6-27-7-9-31/h5,10-11,13,27H,1,6-9,33H2,2-4H3,(H,28,29,32)/b18-12+/t13-/m1/s1. The minimum atomic E-state index is -4.67. The topological polar surface area (TPSA) is 69.6 Å². The van der Waals surface area contributed by atoms with E-state index in [1.807, 2.05) is 0 Å². The van der Waals surface area contributed by atoms with Gasteiger partial charge in [-0.05, 0) is 24.6 Å². The summed E-state index contributed by atoms with van der Waals surface area (Å²) in [5.74, 6) is -2.26. The first-order valence-corrected chi connectivity index (χ1v) is 10.7. The number of hydrogen-bond acceptors (Lipinski definition) is 5. The molecule has 1 fully saturated rings. The minimum Gasteiger partial charge on any atom is -0.354 e. The number of alkyl halides is 5. The SMILES string of the molecule is C=CN=C(NC(C)=O)/C(=C(\C)c1cc(C(F)(F)F)cc(N2CCNCC2)n1)[C@@H](C)C(F)(F)P. The molecule has 6 nitrogen and oxygen atoms in total.